The third-order valence-corrected chi connectivity index (χ3v) is 1.76. The average Bonchev–Trinajstić information content (AvgIpc) is 2.44. The number of rotatable bonds is 0. The zero-order chi connectivity index (χ0) is 9.59. The van der Waals surface area contributed by atoms with Crippen LogP contribution >= 0.6 is 0 Å². The van der Waals surface area contributed by atoms with Crippen molar-refractivity contribution in [2.75, 3.05) is 17.2 Å². The molecule has 0 amide bonds. The molecule has 6 N–H and O–H groups in total. The molecule has 0 aliphatic heterocycles. The minimum absolute atomic E-state index is 0.103. The minimum atomic E-state index is 0.103. The molecular formula is C6H7N5O2. The fraction of sp³-hybridized carbons (Fsp3) is 0. The highest BCUT2D eigenvalue weighted by atomic mass is 16.8. The summed E-state index contributed by atoms with van der Waals surface area (Å²) in [6.07, 6.45) is 0. The number of aromatic nitrogens is 2. The van der Waals surface area contributed by atoms with Crippen molar-refractivity contribution in [3.05, 3.63) is 11.3 Å². The van der Waals surface area contributed by atoms with E-state index in [9.17, 15) is 5.21 Å². The number of fused-ring (bicyclic) bond motifs is 1. The number of nitrogens with zero attached hydrogens (tertiary/aromatic N) is 2. The van der Waals surface area contributed by atoms with Crippen LogP contribution in [-0.4, -0.2) is 5.16 Å². The van der Waals surface area contributed by atoms with Gasteiger partial charge in [0, 0.05) is 5.16 Å². The molecule has 0 radical (unpaired) electrons. The monoisotopic (exact) mass is 181 g/mol. The number of nitrogen functional groups attached to an aromatic ring is 3. The van der Waals surface area contributed by atoms with Crippen molar-refractivity contribution in [1.82, 2.24) is 5.16 Å². The van der Waals surface area contributed by atoms with E-state index in [2.05, 4.69) is 9.79 Å². The first kappa shape index (κ1) is 7.47. The van der Waals surface area contributed by atoms with E-state index >= 15 is 0 Å². The molecule has 0 spiro atoms. The maximum Gasteiger partial charge on any atom is 0.275 e. The van der Waals surface area contributed by atoms with Gasteiger partial charge in [-0.05, 0) is 11.0 Å². The number of hydrogen-bond donors (Lipinski definition) is 3. The van der Waals surface area contributed by atoms with Gasteiger partial charge in [-0.25, -0.2) is 0 Å². The van der Waals surface area contributed by atoms with Crippen molar-refractivity contribution < 1.29 is 9.53 Å². The van der Waals surface area contributed by atoms with Gasteiger partial charge in [0.05, 0.1) is 11.4 Å². The quantitative estimate of drug-likeness (QED) is 0.360. The van der Waals surface area contributed by atoms with Crippen molar-refractivity contribution in [2.45, 2.75) is 0 Å². The van der Waals surface area contributed by atoms with Crippen LogP contribution in [0.3, 0.4) is 0 Å². The van der Waals surface area contributed by atoms with Gasteiger partial charge in [0.25, 0.3) is 11.0 Å². The molecule has 7 nitrogen and oxygen atoms in total. The molecule has 1 aromatic carbocycles. The summed E-state index contributed by atoms with van der Waals surface area (Å²) in [6.45, 7) is 0. The molecule has 0 saturated heterocycles. The Morgan fingerprint density at radius 1 is 1.31 bits per heavy atom. The largest absolute Gasteiger partial charge is 0.397 e. The SMILES string of the molecule is Nc1cc(N)c2c(no[n+]2[O-])c1N. The lowest BCUT2D eigenvalue weighted by Crippen LogP contribution is -2.23. The molecule has 1 heterocycles. The molecule has 2 aromatic rings. The Hall–Kier alpha value is -2.18. The molecule has 7 heteroatoms. The van der Waals surface area contributed by atoms with Gasteiger partial charge in [-0.2, -0.15) is 0 Å². The summed E-state index contributed by atoms with van der Waals surface area (Å²) in [7, 11) is 0. The van der Waals surface area contributed by atoms with Gasteiger partial charge in [-0.1, -0.05) is 0 Å². The van der Waals surface area contributed by atoms with Gasteiger partial charge in [0.2, 0.25) is 0 Å². The first-order valence-electron chi connectivity index (χ1n) is 3.44. The van der Waals surface area contributed by atoms with Gasteiger partial charge in [0.15, 0.2) is 0 Å². The summed E-state index contributed by atoms with van der Waals surface area (Å²) in [6, 6.07) is 1.39. The number of anilines is 3. The maximum atomic E-state index is 11.0. The van der Waals surface area contributed by atoms with E-state index in [4.69, 9.17) is 17.2 Å². The molecule has 1 aromatic heterocycles. The zero-order valence-electron chi connectivity index (χ0n) is 6.52. The Morgan fingerprint density at radius 2 is 2.00 bits per heavy atom. The summed E-state index contributed by atoms with van der Waals surface area (Å²) in [5, 5.41) is 14.4. The van der Waals surface area contributed by atoms with E-state index in [0.29, 0.717) is 0 Å². The predicted molar refractivity (Wildman–Crippen MR) is 46.2 cm³/mol. The highest BCUT2D eigenvalue weighted by Crippen LogP contribution is 2.27. The van der Waals surface area contributed by atoms with Gasteiger partial charge in [-0.3, -0.25) is 4.63 Å². The molecule has 0 aliphatic carbocycles. The normalized spacial score (nSPS) is 10.8. The fourth-order valence-corrected chi connectivity index (χ4v) is 1.12. The smallest absolute Gasteiger partial charge is 0.275 e. The van der Waals surface area contributed by atoms with Crippen LogP contribution in [0, 0.1) is 5.21 Å². The number of nitrogens with two attached hydrogens (primary N) is 3. The van der Waals surface area contributed by atoms with E-state index in [1.165, 1.54) is 6.07 Å². The molecule has 0 bridgehead atoms. The van der Waals surface area contributed by atoms with Gasteiger partial charge in [0.1, 0.15) is 5.69 Å². The zero-order valence-corrected chi connectivity index (χ0v) is 6.52. The lowest BCUT2D eigenvalue weighted by atomic mass is 10.2. The topological polar surface area (TPSA) is 131 Å². The summed E-state index contributed by atoms with van der Waals surface area (Å²) >= 11 is 0. The summed E-state index contributed by atoms with van der Waals surface area (Å²) in [4.78, 5) is 0.195. The van der Waals surface area contributed by atoms with Crippen molar-refractivity contribution in [3.63, 3.8) is 0 Å². The molecule has 13 heavy (non-hydrogen) atoms. The van der Waals surface area contributed by atoms with E-state index in [1.807, 2.05) is 0 Å². The standard InChI is InChI=1S/C6H7N5O2/c7-2-1-3(8)6-5(4(2)9)10-13-11(6)12/h1H,7-9H2. The van der Waals surface area contributed by atoms with Gasteiger partial charge < -0.3 is 22.4 Å². The Morgan fingerprint density at radius 3 is 2.69 bits per heavy atom. The van der Waals surface area contributed by atoms with Gasteiger partial charge in [-0.15, -0.1) is 0 Å². The van der Waals surface area contributed by atoms with Crippen LogP contribution in [0.2, 0.25) is 0 Å². The van der Waals surface area contributed by atoms with E-state index < -0.39 is 0 Å². The maximum absolute atomic E-state index is 11.0. The highest BCUT2D eigenvalue weighted by molar-refractivity contribution is 5.98. The van der Waals surface area contributed by atoms with E-state index in [1.54, 1.807) is 0 Å². The number of benzene rings is 1. The highest BCUT2D eigenvalue weighted by Gasteiger charge is 2.18. The Labute approximate surface area is 72.2 Å². The minimum Gasteiger partial charge on any atom is -0.397 e. The van der Waals surface area contributed by atoms with Crippen LogP contribution in [0.1, 0.15) is 0 Å². The molecular weight excluding hydrogens is 174 g/mol. The Bertz CT molecular complexity index is 477. The first-order valence-corrected chi connectivity index (χ1v) is 3.44. The number of hydrogen-bond acceptors (Lipinski definition) is 6. The lowest BCUT2D eigenvalue weighted by molar-refractivity contribution is -0.781. The van der Waals surface area contributed by atoms with Crippen molar-refractivity contribution in [2.24, 2.45) is 0 Å². The van der Waals surface area contributed by atoms with Crippen LogP contribution in [-0.2, 0) is 0 Å². The van der Waals surface area contributed by atoms with Crippen molar-refractivity contribution in [3.8, 4) is 0 Å². The fourth-order valence-electron chi connectivity index (χ4n) is 1.12. The van der Waals surface area contributed by atoms with Crippen LogP contribution in [0.4, 0.5) is 17.1 Å². The second kappa shape index (κ2) is 2.16. The molecule has 0 unspecified atom stereocenters. The van der Waals surface area contributed by atoms with Crippen molar-refractivity contribution >= 4 is 28.1 Å². The second-order valence-corrected chi connectivity index (χ2v) is 2.60. The molecule has 0 aliphatic rings. The molecule has 2 rings (SSSR count). The lowest BCUT2D eigenvalue weighted by Gasteiger charge is -1.98. The average molecular weight is 181 g/mol. The third-order valence-electron chi connectivity index (χ3n) is 1.76. The molecule has 0 fully saturated rings. The third kappa shape index (κ3) is 0.835. The van der Waals surface area contributed by atoms with Crippen LogP contribution in [0.25, 0.3) is 11.0 Å². The van der Waals surface area contributed by atoms with E-state index in [-0.39, 0.29) is 33.0 Å². The first-order chi connectivity index (χ1) is 6.11. The molecule has 0 atom stereocenters. The Kier molecular flexibility index (Phi) is 1.24. The van der Waals surface area contributed by atoms with E-state index in [0.717, 1.165) is 0 Å². The van der Waals surface area contributed by atoms with Crippen LogP contribution in [0.5, 0.6) is 0 Å². The summed E-state index contributed by atoms with van der Waals surface area (Å²) in [5.41, 5.74) is 17.5. The van der Waals surface area contributed by atoms with Crippen LogP contribution < -0.4 is 22.1 Å². The molecule has 68 valence electrons. The Balaban J connectivity index is 2.99. The predicted octanol–water partition coefficient (Wildman–Crippen LogP) is -0.792. The summed E-state index contributed by atoms with van der Waals surface area (Å²) in [5.74, 6) is 0. The summed E-state index contributed by atoms with van der Waals surface area (Å²) < 4.78 is 4.33. The molecule has 0 saturated carbocycles. The second-order valence-electron chi connectivity index (χ2n) is 2.60. The van der Waals surface area contributed by atoms with Crippen LogP contribution in [0.15, 0.2) is 10.7 Å². The van der Waals surface area contributed by atoms with Crippen molar-refractivity contribution in [1.29, 1.82) is 0 Å². The van der Waals surface area contributed by atoms with Gasteiger partial charge >= 0.3 is 0 Å².